The van der Waals surface area contributed by atoms with E-state index in [9.17, 15) is 0 Å². The van der Waals surface area contributed by atoms with Crippen molar-refractivity contribution in [2.75, 3.05) is 25.1 Å². The summed E-state index contributed by atoms with van der Waals surface area (Å²) in [4.78, 5) is 7.99. The summed E-state index contributed by atoms with van der Waals surface area (Å²) >= 11 is 3.37. The molecule has 0 fully saturated rings. The van der Waals surface area contributed by atoms with Crippen LogP contribution in [0.15, 0.2) is 17.0 Å². The summed E-state index contributed by atoms with van der Waals surface area (Å²) in [5, 5.41) is 3.18. The van der Waals surface area contributed by atoms with Gasteiger partial charge in [0.1, 0.15) is 12.1 Å². The minimum absolute atomic E-state index is 0.698. The smallest absolute Gasteiger partial charge is 0.143 e. The summed E-state index contributed by atoms with van der Waals surface area (Å²) in [6.07, 6.45) is 4.35. The second-order valence-corrected chi connectivity index (χ2v) is 4.80. The van der Waals surface area contributed by atoms with Gasteiger partial charge in [0.25, 0.3) is 0 Å². The molecule has 90 valence electrons. The van der Waals surface area contributed by atoms with Gasteiger partial charge in [-0.15, -0.1) is 0 Å². The fourth-order valence-electron chi connectivity index (χ4n) is 1.11. The third-order valence-corrected chi connectivity index (χ3v) is 2.63. The third kappa shape index (κ3) is 5.42. The average Bonchev–Trinajstić information content (AvgIpc) is 2.25. The molecule has 5 heteroatoms. The quantitative estimate of drug-likeness (QED) is 0.784. The Morgan fingerprint density at radius 1 is 1.44 bits per heavy atom. The molecule has 0 bridgehead atoms. The molecule has 0 spiro atoms. The molecule has 0 atom stereocenters. The number of aromatic nitrogens is 2. The molecule has 1 N–H and O–H groups in total. The zero-order valence-electron chi connectivity index (χ0n) is 9.74. The van der Waals surface area contributed by atoms with Crippen molar-refractivity contribution in [3.8, 4) is 0 Å². The molecule has 1 aromatic rings. The lowest BCUT2D eigenvalue weighted by Crippen LogP contribution is -2.12. The number of hydrogen-bond acceptors (Lipinski definition) is 4. The first-order chi connectivity index (χ1) is 7.70. The largest absolute Gasteiger partial charge is 0.380 e. The maximum atomic E-state index is 5.48. The van der Waals surface area contributed by atoms with E-state index in [1.165, 1.54) is 6.33 Å². The number of nitrogens with one attached hydrogen (secondary N) is 1. The van der Waals surface area contributed by atoms with Crippen molar-refractivity contribution in [2.45, 2.75) is 20.3 Å². The summed E-state index contributed by atoms with van der Waals surface area (Å²) < 4.78 is 6.36. The van der Waals surface area contributed by atoms with Gasteiger partial charge in [-0.2, -0.15) is 0 Å². The van der Waals surface area contributed by atoms with Gasteiger partial charge in [-0.25, -0.2) is 9.97 Å². The van der Waals surface area contributed by atoms with Crippen LogP contribution in [0.1, 0.15) is 20.3 Å². The van der Waals surface area contributed by atoms with Crippen molar-refractivity contribution >= 4 is 21.7 Å². The van der Waals surface area contributed by atoms with Crippen LogP contribution in [0, 0.1) is 5.92 Å². The zero-order valence-corrected chi connectivity index (χ0v) is 11.3. The van der Waals surface area contributed by atoms with E-state index in [1.807, 2.05) is 0 Å². The molecule has 4 nitrogen and oxygen atoms in total. The number of nitrogens with zero attached hydrogens (tertiary/aromatic N) is 2. The molecular weight excluding hydrogens is 270 g/mol. The van der Waals surface area contributed by atoms with Crippen LogP contribution in [-0.4, -0.2) is 29.7 Å². The Bertz CT molecular complexity index is 307. The first-order valence-electron chi connectivity index (χ1n) is 5.47. The Hall–Kier alpha value is -0.680. The van der Waals surface area contributed by atoms with Gasteiger partial charge >= 0.3 is 0 Å². The van der Waals surface area contributed by atoms with Gasteiger partial charge in [0.15, 0.2) is 0 Å². The number of hydrogen-bond donors (Lipinski definition) is 1. The molecule has 0 aromatic carbocycles. The van der Waals surface area contributed by atoms with E-state index >= 15 is 0 Å². The van der Waals surface area contributed by atoms with Crippen LogP contribution in [0.3, 0.4) is 0 Å². The maximum absolute atomic E-state index is 5.48. The first-order valence-corrected chi connectivity index (χ1v) is 6.26. The van der Waals surface area contributed by atoms with Gasteiger partial charge in [-0.05, 0) is 28.3 Å². The van der Waals surface area contributed by atoms with E-state index in [-0.39, 0.29) is 0 Å². The summed E-state index contributed by atoms with van der Waals surface area (Å²) in [6.45, 7) is 6.67. The van der Waals surface area contributed by atoms with Crippen LogP contribution in [0.4, 0.5) is 5.82 Å². The van der Waals surface area contributed by atoms with Gasteiger partial charge in [-0.1, -0.05) is 13.8 Å². The fourth-order valence-corrected chi connectivity index (χ4v) is 1.47. The minimum Gasteiger partial charge on any atom is -0.380 e. The van der Waals surface area contributed by atoms with Gasteiger partial charge in [0.05, 0.1) is 11.1 Å². The van der Waals surface area contributed by atoms with E-state index < -0.39 is 0 Å². The van der Waals surface area contributed by atoms with Gasteiger partial charge in [0, 0.05) is 19.3 Å². The average molecular weight is 288 g/mol. The predicted molar refractivity (Wildman–Crippen MR) is 68.5 cm³/mol. The molecule has 0 radical (unpaired) electrons. The lowest BCUT2D eigenvalue weighted by molar-refractivity contribution is 0.132. The Balaban J connectivity index is 2.10. The van der Waals surface area contributed by atoms with Crippen LogP contribution in [-0.2, 0) is 4.74 Å². The second-order valence-electron chi connectivity index (χ2n) is 3.94. The lowest BCUT2D eigenvalue weighted by Gasteiger charge is -2.08. The summed E-state index contributed by atoms with van der Waals surface area (Å²) in [5.74, 6) is 1.51. The molecule has 1 rings (SSSR count). The molecule has 1 heterocycles. The second kappa shape index (κ2) is 7.57. The topological polar surface area (TPSA) is 47.0 Å². The highest BCUT2D eigenvalue weighted by atomic mass is 79.9. The van der Waals surface area contributed by atoms with Crippen LogP contribution in [0.5, 0.6) is 0 Å². The SMILES string of the molecule is CC(C)CCOCCNc1ncncc1Br. The Kier molecular flexibility index (Phi) is 6.33. The highest BCUT2D eigenvalue weighted by molar-refractivity contribution is 9.10. The number of rotatable bonds is 7. The van der Waals surface area contributed by atoms with Crippen molar-refractivity contribution in [3.05, 3.63) is 17.0 Å². The normalized spacial score (nSPS) is 10.8. The maximum Gasteiger partial charge on any atom is 0.143 e. The van der Waals surface area contributed by atoms with E-state index in [1.54, 1.807) is 6.20 Å². The molecule has 0 amide bonds. The molecular formula is C11H18BrN3O. The molecule has 0 unspecified atom stereocenters. The Morgan fingerprint density at radius 3 is 2.94 bits per heavy atom. The summed E-state index contributed by atoms with van der Waals surface area (Å²) in [5.41, 5.74) is 0. The number of ether oxygens (including phenoxy) is 1. The van der Waals surface area contributed by atoms with Gasteiger partial charge in [0.2, 0.25) is 0 Å². The molecule has 16 heavy (non-hydrogen) atoms. The van der Waals surface area contributed by atoms with Crippen LogP contribution in [0.2, 0.25) is 0 Å². The summed E-state index contributed by atoms with van der Waals surface area (Å²) in [6, 6.07) is 0. The minimum atomic E-state index is 0.698. The van der Waals surface area contributed by atoms with E-state index in [0.29, 0.717) is 12.5 Å². The summed E-state index contributed by atoms with van der Waals surface area (Å²) in [7, 11) is 0. The van der Waals surface area contributed by atoms with Crippen molar-refractivity contribution in [2.24, 2.45) is 5.92 Å². The number of anilines is 1. The molecule has 0 saturated heterocycles. The number of halogens is 1. The third-order valence-electron chi connectivity index (χ3n) is 2.05. The zero-order chi connectivity index (χ0) is 11.8. The van der Waals surface area contributed by atoms with Crippen molar-refractivity contribution in [1.82, 2.24) is 9.97 Å². The van der Waals surface area contributed by atoms with Crippen molar-refractivity contribution in [1.29, 1.82) is 0 Å². The molecule has 0 aliphatic carbocycles. The molecule has 0 aliphatic rings. The van der Waals surface area contributed by atoms with E-state index in [4.69, 9.17) is 4.74 Å². The fraction of sp³-hybridized carbons (Fsp3) is 0.636. The monoisotopic (exact) mass is 287 g/mol. The molecule has 1 aromatic heterocycles. The highest BCUT2D eigenvalue weighted by Crippen LogP contribution is 2.16. The lowest BCUT2D eigenvalue weighted by atomic mass is 10.1. The van der Waals surface area contributed by atoms with Gasteiger partial charge < -0.3 is 10.1 Å². The van der Waals surface area contributed by atoms with Crippen molar-refractivity contribution < 1.29 is 4.74 Å². The predicted octanol–water partition coefficient (Wildman–Crippen LogP) is 2.71. The molecule has 0 aliphatic heterocycles. The van der Waals surface area contributed by atoms with E-state index in [2.05, 4.69) is 45.1 Å². The van der Waals surface area contributed by atoms with Gasteiger partial charge in [-0.3, -0.25) is 0 Å². The van der Waals surface area contributed by atoms with Crippen LogP contribution >= 0.6 is 15.9 Å². The Labute approximate surface area is 105 Å². The van der Waals surface area contributed by atoms with Crippen LogP contribution < -0.4 is 5.32 Å². The standard InChI is InChI=1S/C11H18BrN3O/c1-9(2)3-5-16-6-4-14-11-10(12)7-13-8-15-11/h7-9H,3-6H2,1-2H3,(H,13,14,15). The highest BCUT2D eigenvalue weighted by Gasteiger charge is 1.99. The van der Waals surface area contributed by atoms with Crippen LogP contribution in [0.25, 0.3) is 0 Å². The first kappa shape index (κ1) is 13.4. The molecule has 0 saturated carbocycles. The Morgan fingerprint density at radius 2 is 2.25 bits per heavy atom. The van der Waals surface area contributed by atoms with Crippen molar-refractivity contribution in [3.63, 3.8) is 0 Å². The van der Waals surface area contributed by atoms with E-state index in [0.717, 1.165) is 29.9 Å².